The molecule has 2 aromatic carbocycles. The zero-order chi connectivity index (χ0) is 25.2. The number of piperazine rings is 1. The molecule has 0 bridgehead atoms. The van der Waals surface area contributed by atoms with Crippen molar-refractivity contribution < 1.29 is 26.4 Å². The summed E-state index contributed by atoms with van der Waals surface area (Å²) in [5, 5.41) is 0. The number of carbonyl (C=O) groups is 1. The van der Waals surface area contributed by atoms with E-state index in [1.165, 1.54) is 10.4 Å². The Balaban J connectivity index is 1.29. The predicted octanol–water partition coefficient (Wildman–Crippen LogP) is 3.90. The van der Waals surface area contributed by atoms with Gasteiger partial charge in [0.05, 0.1) is 11.3 Å². The minimum Gasteiger partial charge on any atom is -0.368 e. The second kappa shape index (κ2) is 10.2. The van der Waals surface area contributed by atoms with Crippen LogP contribution in [0.2, 0.25) is 0 Å². The van der Waals surface area contributed by atoms with E-state index in [0.29, 0.717) is 57.8 Å². The number of hydrogen-bond acceptors (Lipinski definition) is 4. The number of carbonyl (C=O) groups excluding carboxylic acids is 1. The Morgan fingerprint density at radius 3 is 2.23 bits per heavy atom. The van der Waals surface area contributed by atoms with Gasteiger partial charge in [0.25, 0.3) is 0 Å². The number of benzene rings is 2. The largest absolute Gasteiger partial charge is 0.416 e. The molecule has 190 valence electrons. The first-order chi connectivity index (χ1) is 16.5. The van der Waals surface area contributed by atoms with E-state index < -0.39 is 21.8 Å². The maximum absolute atomic E-state index is 13.1. The summed E-state index contributed by atoms with van der Waals surface area (Å²) in [6, 6.07) is 12.7. The Hall–Kier alpha value is -2.59. The van der Waals surface area contributed by atoms with Gasteiger partial charge in [-0.25, -0.2) is 12.7 Å². The van der Waals surface area contributed by atoms with Gasteiger partial charge in [0.1, 0.15) is 0 Å². The van der Waals surface area contributed by atoms with E-state index in [1.807, 2.05) is 30.0 Å². The number of hydrogen-bond donors (Lipinski definition) is 0. The van der Waals surface area contributed by atoms with E-state index >= 15 is 0 Å². The molecule has 2 heterocycles. The Bertz CT molecular complexity index is 1150. The fourth-order valence-corrected chi connectivity index (χ4v) is 6.36. The van der Waals surface area contributed by atoms with Gasteiger partial charge in [-0.15, -0.1) is 0 Å². The number of halogens is 3. The van der Waals surface area contributed by atoms with Crippen LogP contribution in [0.1, 0.15) is 29.5 Å². The van der Waals surface area contributed by atoms with Gasteiger partial charge in [0, 0.05) is 50.9 Å². The van der Waals surface area contributed by atoms with E-state index in [1.54, 1.807) is 17.0 Å². The van der Waals surface area contributed by atoms with Crippen LogP contribution in [0.5, 0.6) is 0 Å². The van der Waals surface area contributed by atoms with Gasteiger partial charge in [-0.2, -0.15) is 13.2 Å². The Kier molecular flexibility index (Phi) is 7.42. The van der Waals surface area contributed by atoms with Gasteiger partial charge < -0.3 is 9.80 Å². The third-order valence-corrected chi connectivity index (χ3v) is 8.61. The minimum atomic E-state index is -4.39. The molecule has 10 heteroatoms. The molecule has 2 aliphatic heterocycles. The van der Waals surface area contributed by atoms with Crippen molar-refractivity contribution in [3.05, 3.63) is 65.2 Å². The van der Waals surface area contributed by atoms with Crippen molar-refractivity contribution in [3.8, 4) is 0 Å². The number of nitrogens with zero attached hydrogens (tertiary/aromatic N) is 3. The third kappa shape index (κ3) is 6.16. The molecule has 2 fully saturated rings. The molecule has 2 aliphatic rings. The molecule has 0 radical (unpaired) electrons. The van der Waals surface area contributed by atoms with Crippen molar-refractivity contribution in [3.63, 3.8) is 0 Å². The van der Waals surface area contributed by atoms with Crippen LogP contribution in [0, 0.1) is 12.8 Å². The van der Waals surface area contributed by atoms with Crippen molar-refractivity contribution in [1.82, 2.24) is 9.21 Å². The average molecular weight is 510 g/mol. The lowest BCUT2D eigenvalue weighted by Gasteiger charge is -2.39. The lowest BCUT2D eigenvalue weighted by atomic mass is 9.96. The Morgan fingerprint density at radius 2 is 1.60 bits per heavy atom. The van der Waals surface area contributed by atoms with Crippen molar-refractivity contribution in [2.75, 3.05) is 44.2 Å². The normalized spacial score (nSPS) is 18.6. The summed E-state index contributed by atoms with van der Waals surface area (Å²) in [6.45, 7) is 4.33. The average Bonchev–Trinajstić information content (AvgIpc) is 2.83. The minimum absolute atomic E-state index is 0.00410. The first-order valence-corrected chi connectivity index (χ1v) is 13.4. The van der Waals surface area contributed by atoms with Gasteiger partial charge in [-0.1, -0.05) is 35.9 Å². The Labute approximate surface area is 204 Å². The standard InChI is InChI=1S/C25H30F3N3O3S/c1-19-4-2-5-20(16-19)18-35(33,34)31-10-8-21(9-11-31)24(32)30-14-12-29(13-15-30)23-7-3-6-22(17-23)25(26,27)28/h2-7,16-17,21H,8-15,18H2,1H3. The van der Waals surface area contributed by atoms with E-state index in [4.69, 9.17) is 0 Å². The number of alkyl halides is 3. The smallest absolute Gasteiger partial charge is 0.368 e. The number of amides is 1. The molecule has 0 atom stereocenters. The quantitative estimate of drug-likeness (QED) is 0.614. The Morgan fingerprint density at radius 1 is 0.943 bits per heavy atom. The lowest BCUT2D eigenvalue weighted by Crippen LogP contribution is -2.52. The summed E-state index contributed by atoms with van der Waals surface area (Å²) < 4.78 is 66.3. The first-order valence-electron chi connectivity index (χ1n) is 11.8. The molecule has 35 heavy (non-hydrogen) atoms. The zero-order valence-electron chi connectivity index (χ0n) is 19.7. The van der Waals surface area contributed by atoms with Crippen LogP contribution in [0.4, 0.5) is 18.9 Å². The molecule has 0 aromatic heterocycles. The molecule has 0 saturated carbocycles. The molecule has 0 N–H and O–H groups in total. The molecule has 0 unspecified atom stereocenters. The van der Waals surface area contributed by atoms with E-state index in [9.17, 15) is 26.4 Å². The molecular formula is C25H30F3N3O3S. The number of piperidine rings is 1. The summed E-state index contributed by atoms with van der Waals surface area (Å²) >= 11 is 0. The van der Waals surface area contributed by atoms with E-state index in [2.05, 4.69) is 0 Å². The second-order valence-electron chi connectivity index (χ2n) is 9.28. The number of sulfonamides is 1. The highest BCUT2D eigenvalue weighted by Gasteiger charge is 2.35. The van der Waals surface area contributed by atoms with Gasteiger partial charge in [0.2, 0.25) is 15.9 Å². The van der Waals surface area contributed by atoms with Crippen molar-refractivity contribution in [1.29, 1.82) is 0 Å². The fraction of sp³-hybridized carbons (Fsp3) is 0.480. The van der Waals surface area contributed by atoms with Crippen LogP contribution in [0.3, 0.4) is 0 Å². The van der Waals surface area contributed by atoms with Crippen LogP contribution in [-0.4, -0.2) is 62.8 Å². The summed E-state index contributed by atoms with van der Waals surface area (Å²) in [4.78, 5) is 16.7. The SMILES string of the molecule is Cc1cccc(CS(=O)(=O)N2CCC(C(=O)N3CCN(c4cccc(C(F)(F)F)c4)CC3)CC2)c1. The summed E-state index contributed by atoms with van der Waals surface area (Å²) in [7, 11) is -3.46. The highest BCUT2D eigenvalue weighted by molar-refractivity contribution is 7.88. The number of rotatable bonds is 5. The van der Waals surface area contributed by atoms with Crippen LogP contribution >= 0.6 is 0 Å². The van der Waals surface area contributed by atoms with Gasteiger partial charge in [-0.3, -0.25) is 4.79 Å². The fourth-order valence-electron chi connectivity index (χ4n) is 4.81. The van der Waals surface area contributed by atoms with Crippen LogP contribution in [0.15, 0.2) is 48.5 Å². The van der Waals surface area contributed by atoms with E-state index in [-0.39, 0.29) is 17.6 Å². The molecular weight excluding hydrogens is 479 g/mol. The van der Waals surface area contributed by atoms with Crippen LogP contribution in [-0.2, 0) is 26.7 Å². The number of aryl methyl sites for hydroxylation is 1. The molecule has 0 aliphatic carbocycles. The maximum Gasteiger partial charge on any atom is 0.416 e. The van der Waals surface area contributed by atoms with Crippen LogP contribution < -0.4 is 4.90 Å². The molecule has 1 amide bonds. The molecule has 4 rings (SSSR count). The van der Waals surface area contributed by atoms with E-state index in [0.717, 1.165) is 23.3 Å². The van der Waals surface area contributed by atoms with Gasteiger partial charge in [0.15, 0.2) is 0 Å². The highest BCUT2D eigenvalue weighted by atomic mass is 32.2. The van der Waals surface area contributed by atoms with Crippen molar-refractivity contribution in [2.24, 2.45) is 5.92 Å². The first kappa shape index (κ1) is 25.5. The zero-order valence-corrected chi connectivity index (χ0v) is 20.5. The third-order valence-electron chi connectivity index (χ3n) is 6.76. The van der Waals surface area contributed by atoms with Gasteiger partial charge >= 0.3 is 6.18 Å². The number of anilines is 1. The molecule has 2 saturated heterocycles. The van der Waals surface area contributed by atoms with Crippen LogP contribution in [0.25, 0.3) is 0 Å². The molecule has 0 spiro atoms. The predicted molar refractivity (Wildman–Crippen MR) is 128 cm³/mol. The monoisotopic (exact) mass is 509 g/mol. The summed E-state index contributed by atoms with van der Waals surface area (Å²) in [6.07, 6.45) is -3.45. The lowest BCUT2D eigenvalue weighted by molar-refractivity contribution is -0.137. The van der Waals surface area contributed by atoms with Gasteiger partial charge in [-0.05, 0) is 43.5 Å². The topological polar surface area (TPSA) is 60.9 Å². The summed E-state index contributed by atoms with van der Waals surface area (Å²) in [5.74, 6) is -0.282. The van der Waals surface area contributed by atoms with Crippen molar-refractivity contribution >= 4 is 21.6 Å². The molecule has 6 nitrogen and oxygen atoms in total. The summed E-state index contributed by atoms with van der Waals surface area (Å²) in [5.41, 5.74) is 1.58. The second-order valence-corrected chi connectivity index (χ2v) is 11.2. The maximum atomic E-state index is 13.1. The molecule has 2 aromatic rings. The highest BCUT2D eigenvalue weighted by Crippen LogP contribution is 2.32. The van der Waals surface area contributed by atoms with Crippen molar-refractivity contribution in [2.45, 2.75) is 31.7 Å².